The van der Waals surface area contributed by atoms with E-state index in [-0.39, 0.29) is 29.5 Å². The van der Waals surface area contributed by atoms with Crippen LogP contribution in [0.25, 0.3) is 20.7 Å². The number of hydrogen-bond acceptors (Lipinski definition) is 21. The van der Waals surface area contributed by atoms with Crippen molar-refractivity contribution in [1.29, 1.82) is 0 Å². The van der Waals surface area contributed by atoms with E-state index < -0.39 is 11.9 Å². The Labute approximate surface area is 437 Å². The zero-order valence-electron chi connectivity index (χ0n) is 41.2. The number of ether oxygens (including phenoxy) is 5. The van der Waals surface area contributed by atoms with Crippen molar-refractivity contribution in [3.05, 3.63) is 118 Å². The normalized spacial score (nSPS) is 14.9. The van der Waals surface area contributed by atoms with Crippen LogP contribution in [0.1, 0.15) is 54.3 Å². The summed E-state index contributed by atoms with van der Waals surface area (Å²) in [5.74, 6) is 2.76. The zero-order valence-corrected chi connectivity index (χ0v) is 42.8. The van der Waals surface area contributed by atoms with Crippen LogP contribution in [0, 0.1) is 0 Å². The van der Waals surface area contributed by atoms with Gasteiger partial charge in [-0.1, -0.05) is 0 Å². The number of thiazole rings is 2. The summed E-state index contributed by atoms with van der Waals surface area (Å²) in [5.41, 5.74) is 7.74. The van der Waals surface area contributed by atoms with Gasteiger partial charge in [0.25, 0.3) is 11.8 Å². The maximum atomic E-state index is 12.8. The number of carboxylic acids is 1. The Balaban J connectivity index is 0.000000184. The van der Waals surface area contributed by atoms with Gasteiger partial charge >= 0.3 is 11.9 Å². The SMILES string of the molecule is COC(=O)c1ccc(C(=O)NC2CCN(c3nc(Nc4ccc(OC)c(OC)c4)c4ncsc4n3)C2)cc1.COc1ccc(Nc2nc(N3CCC(NC(=O)c4ccc(C(=O)O)cc4)C3)nc3scnc23)cc1OC. The molecular formula is C51H50N12O10S2. The van der Waals surface area contributed by atoms with E-state index in [0.29, 0.717) is 100 Å². The molecule has 0 aliphatic carbocycles. The highest BCUT2D eigenvalue weighted by molar-refractivity contribution is 7.16. The van der Waals surface area contributed by atoms with E-state index in [1.165, 1.54) is 54.0 Å². The molecule has 8 aromatic rings. The van der Waals surface area contributed by atoms with E-state index in [4.69, 9.17) is 48.7 Å². The largest absolute Gasteiger partial charge is 0.493 e. The first-order valence-corrected chi connectivity index (χ1v) is 25.0. The number of rotatable bonds is 16. The highest BCUT2D eigenvalue weighted by atomic mass is 32.1. The second-order valence-corrected chi connectivity index (χ2v) is 18.6. The second-order valence-electron chi connectivity index (χ2n) is 16.9. The fraction of sp³-hybridized carbons (Fsp3) is 0.255. The zero-order chi connectivity index (χ0) is 52.6. The number of benzene rings is 4. The van der Waals surface area contributed by atoms with Crippen molar-refractivity contribution in [2.45, 2.75) is 24.9 Å². The Kier molecular flexibility index (Phi) is 15.6. The molecule has 6 heterocycles. The predicted molar refractivity (Wildman–Crippen MR) is 283 cm³/mol. The number of aromatic nitrogens is 6. The number of carbonyl (C=O) groups is 4. The fourth-order valence-electron chi connectivity index (χ4n) is 8.36. The van der Waals surface area contributed by atoms with Crippen LogP contribution in [0.2, 0.25) is 0 Å². The summed E-state index contributed by atoms with van der Waals surface area (Å²) in [5, 5.41) is 21.8. The Bertz CT molecular complexity index is 3380. The molecule has 10 rings (SSSR count). The molecule has 4 aromatic heterocycles. The van der Waals surface area contributed by atoms with Crippen LogP contribution >= 0.6 is 22.7 Å². The van der Waals surface area contributed by atoms with Gasteiger partial charge in [0.05, 0.1) is 57.7 Å². The lowest BCUT2D eigenvalue weighted by Crippen LogP contribution is -2.37. The lowest BCUT2D eigenvalue weighted by molar-refractivity contribution is 0.0599. The van der Waals surface area contributed by atoms with Crippen LogP contribution < -0.4 is 50.0 Å². The molecule has 4 aromatic carbocycles. The number of nitrogens with zero attached hydrogens (tertiary/aromatic N) is 8. The molecule has 2 fully saturated rings. The van der Waals surface area contributed by atoms with Gasteiger partial charge in [-0.05, 0) is 85.6 Å². The Morgan fingerprint density at radius 2 is 0.960 bits per heavy atom. The van der Waals surface area contributed by atoms with E-state index >= 15 is 0 Å². The van der Waals surface area contributed by atoms with Crippen LogP contribution in [0.3, 0.4) is 0 Å². The van der Waals surface area contributed by atoms with Gasteiger partial charge in [-0.25, -0.2) is 19.6 Å². The minimum Gasteiger partial charge on any atom is -0.493 e. The van der Waals surface area contributed by atoms with Gasteiger partial charge in [-0.15, -0.1) is 22.7 Å². The summed E-state index contributed by atoms with van der Waals surface area (Å²) in [4.78, 5) is 81.5. The molecule has 2 aliphatic rings. The lowest BCUT2D eigenvalue weighted by atomic mass is 10.1. The van der Waals surface area contributed by atoms with Crippen molar-refractivity contribution < 1.29 is 48.0 Å². The Morgan fingerprint density at radius 1 is 0.547 bits per heavy atom. The molecule has 2 unspecified atom stereocenters. The number of carboxylic acid groups (broad SMARTS) is 1. The molecule has 0 spiro atoms. The average Bonchev–Trinajstić information content (AvgIpc) is 4.30. The van der Waals surface area contributed by atoms with E-state index in [2.05, 4.69) is 31.2 Å². The highest BCUT2D eigenvalue weighted by Gasteiger charge is 2.29. The fourth-order valence-corrected chi connectivity index (χ4v) is 9.66. The molecule has 75 heavy (non-hydrogen) atoms. The summed E-state index contributed by atoms with van der Waals surface area (Å²) in [6.07, 6.45) is 1.47. The Morgan fingerprint density at radius 3 is 1.36 bits per heavy atom. The summed E-state index contributed by atoms with van der Waals surface area (Å²) >= 11 is 2.86. The van der Waals surface area contributed by atoms with Crippen molar-refractivity contribution in [3.63, 3.8) is 0 Å². The summed E-state index contributed by atoms with van der Waals surface area (Å²) < 4.78 is 26.2. The topological polar surface area (TPSA) is 267 Å². The van der Waals surface area contributed by atoms with Crippen molar-refractivity contribution in [1.82, 2.24) is 40.5 Å². The molecule has 2 saturated heterocycles. The van der Waals surface area contributed by atoms with Gasteiger partial charge in [0, 0.05) is 72.9 Å². The van der Waals surface area contributed by atoms with Gasteiger partial charge < -0.3 is 59.9 Å². The van der Waals surface area contributed by atoms with Crippen LogP contribution in [0.4, 0.5) is 34.9 Å². The molecule has 5 N–H and O–H groups in total. The van der Waals surface area contributed by atoms with Gasteiger partial charge in [0.1, 0.15) is 11.0 Å². The van der Waals surface area contributed by atoms with E-state index in [9.17, 15) is 19.2 Å². The van der Waals surface area contributed by atoms with Crippen LogP contribution in [-0.4, -0.2) is 133 Å². The highest BCUT2D eigenvalue weighted by Crippen LogP contribution is 2.36. The lowest BCUT2D eigenvalue weighted by Gasteiger charge is -2.18. The number of hydrogen-bond donors (Lipinski definition) is 5. The monoisotopic (exact) mass is 1050 g/mol. The Hall–Kier alpha value is -8.90. The number of anilines is 6. The quantitative estimate of drug-likeness (QED) is 0.0599. The van der Waals surface area contributed by atoms with Crippen LogP contribution in [-0.2, 0) is 4.74 Å². The smallest absolute Gasteiger partial charge is 0.337 e. The third kappa shape index (κ3) is 11.7. The number of amides is 2. The van der Waals surface area contributed by atoms with Crippen molar-refractivity contribution in [2.75, 3.05) is 82.2 Å². The maximum absolute atomic E-state index is 12.8. The summed E-state index contributed by atoms with van der Waals surface area (Å²) in [6.45, 7) is 2.46. The minimum atomic E-state index is -1.03. The van der Waals surface area contributed by atoms with E-state index in [0.717, 1.165) is 33.9 Å². The first-order chi connectivity index (χ1) is 36.4. The second kappa shape index (κ2) is 22.9. The van der Waals surface area contributed by atoms with Crippen molar-refractivity contribution in [2.24, 2.45) is 0 Å². The number of esters is 1. The molecular weight excluding hydrogens is 1000 g/mol. The summed E-state index contributed by atoms with van der Waals surface area (Å²) in [7, 11) is 7.66. The van der Waals surface area contributed by atoms with Crippen LogP contribution in [0.5, 0.6) is 23.0 Å². The maximum Gasteiger partial charge on any atom is 0.337 e. The van der Waals surface area contributed by atoms with E-state index in [1.807, 2.05) is 46.2 Å². The number of methoxy groups -OCH3 is 5. The summed E-state index contributed by atoms with van der Waals surface area (Å²) in [6, 6.07) is 23.1. The molecule has 2 atom stereocenters. The van der Waals surface area contributed by atoms with Crippen molar-refractivity contribution >= 4 is 102 Å². The molecule has 0 radical (unpaired) electrons. The number of aromatic carboxylic acids is 1. The van der Waals surface area contributed by atoms with Crippen molar-refractivity contribution in [3.8, 4) is 23.0 Å². The molecule has 2 amide bonds. The first-order valence-electron chi connectivity index (χ1n) is 23.3. The first kappa shape index (κ1) is 51.0. The number of carbonyl (C=O) groups excluding carboxylic acids is 3. The molecule has 24 heteroatoms. The standard InChI is InChI=1S/C26H26N6O5S.C25H24N6O5S/c1-35-19-9-8-17(12-20(19)36-2)28-22-21-24(38-14-27-21)31-26(30-22)32-11-10-18(13-32)29-23(33)15-4-6-16(7-5-15)25(34)37-3;1-35-18-8-7-16(11-19(18)36-2)27-21-20-23(37-13-26-20)30-25(29-21)31-10-9-17(12-31)28-22(32)14-3-5-15(6-4-14)24(33)34/h4-9,12,14,18H,10-11,13H2,1-3H3,(H,29,33)(H,28,30,31);3-8,11,13,17H,9-10,12H2,1-2H3,(H,28,32)(H,33,34)(H,27,29,30). The minimum absolute atomic E-state index is 0.0780. The predicted octanol–water partition coefficient (Wildman–Crippen LogP) is 7.20. The van der Waals surface area contributed by atoms with Gasteiger partial charge in [-0.3, -0.25) is 9.59 Å². The molecule has 0 saturated carbocycles. The molecule has 0 bridgehead atoms. The molecule has 22 nitrogen and oxygen atoms in total. The van der Waals surface area contributed by atoms with E-state index in [1.54, 1.807) is 63.7 Å². The van der Waals surface area contributed by atoms with Gasteiger partial charge in [-0.2, -0.15) is 19.9 Å². The third-order valence-corrected chi connectivity index (χ3v) is 13.7. The number of fused-ring (bicyclic) bond motifs is 2. The molecule has 386 valence electrons. The third-order valence-electron chi connectivity index (χ3n) is 12.2. The van der Waals surface area contributed by atoms with Crippen LogP contribution in [0.15, 0.2) is 96.0 Å². The average molecular weight is 1060 g/mol. The van der Waals surface area contributed by atoms with Gasteiger partial charge in [0.2, 0.25) is 11.9 Å². The number of nitrogens with one attached hydrogen (secondary N) is 4. The molecule has 2 aliphatic heterocycles. The van der Waals surface area contributed by atoms with Gasteiger partial charge in [0.15, 0.2) is 44.3 Å².